The molecule has 3 nitrogen and oxygen atoms in total. The lowest BCUT2D eigenvalue weighted by Crippen LogP contribution is -1.86. The maximum Gasteiger partial charge on any atom is 0.303 e. The predicted molar refractivity (Wildman–Crippen MR) is 46.0 cm³/mol. The van der Waals surface area contributed by atoms with Gasteiger partial charge in [-0.1, -0.05) is 13.8 Å². The molecule has 1 aromatic heterocycles. The van der Waals surface area contributed by atoms with Crippen LogP contribution in [0.2, 0.25) is 0 Å². The van der Waals surface area contributed by atoms with Gasteiger partial charge in [0.2, 0.25) is 0 Å². The Morgan fingerprint density at radius 2 is 2.17 bits per heavy atom. The predicted octanol–water partition coefficient (Wildman–Crippen LogP) is 2.32. The molecular weight excluding hydrogens is 156 g/mol. The first-order valence-corrected chi connectivity index (χ1v) is 3.94. The lowest BCUT2D eigenvalue weighted by molar-refractivity contribution is -0.136. The minimum Gasteiger partial charge on any atom is -0.481 e. The zero-order valence-corrected chi connectivity index (χ0v) is 7.41. The van der Waals surface area contributed by atoms with Gasteiger partial charge in [0.25, 0.3) is 0 Å². The molecule has 0 spiro atoms. The van der Waals surface area contributed by atoms with Crippen LogP contribution in [0.15, 0.2) is 22.8 Å². The van der Waals surface area contributed by atoms with Crippen LogP contribution in [-0.2, 0) is 11.2 Å². The van der Waals surface area contributed by atoms with Gasteiger partial charge in [0.05, 0.1) is 6.26 Å². The average Bonchev–Trinajstić information content (AvgIpc) is 2.57. The van der Waals surface area contributed by atoms with Crippen LogP contribution < -0.4 is 0 Å². The molecule has 0 radical (unpaired) electrons. The van der Waals surface area contributed by atoms with Gasteiger partial charge >= 0.3 is 5.97 Å². The standard InChI is InChI=1S/C6H8O.C3H6O2/c1-2-6-4-3-5-7-6;1-2-3(4)5/h3-5H,2H2,1H3;2H2,1H3,(H,4,5). The average molecular weight is 170 g/mol. The van der Waals surface area contributed by atoms with Crippen LogP contribution in [0.3, 0.4) is 0 Å². The molecule has 0 aromatic carbocycles. The SMILES string of the molecule is CCC(=O)O.CCc1ccco1. The number of carboxylic acids is 1. The third-order valence-corrected chi connectivity index (χ3v) is 1.23. The van der Waals surface area contributed by atoms with E-state index in [0.717, 1.165) is 12.2 Å². The highest BCUT2D eigenvalue weighted by atomic mass is 16.4. The highest BCUT2D eigenvalue weighted by Gasteiger charge is 1.84. The van der Waals surface area contributed by atoms with Crippen molar-refractivity contribution in [3.8, 4) is 0 Å². The Labute approximate surface area is 72.0 Å². The molecule has 1 rings (SSSR count). The molecule has 0 aliphatic heterocycles. The van der Waals surface area contributed by atoms with Crippen LogP contribution >= 0.6 is 0 Å². The van der Waals surface area contributed by atoms with Crippen molar-refractivity contribution in [2.75, 3.05) is 0 Å². The van der Waals surface area contributed by atoms with Crippen LogP contribution in [0.1, 0.15) is 26.0 Å². The number of carboxylic acid groups (broad SMARTS) is 1. The van der Waals surface area contributed by atoms with Crippen molar-refractivity contribution in [2.45, 2.75) is 26.7 Å². The Kier molecular flexibility index (Phi) is 5.79. The molecule has 0 amide bonds. The molecule has 0 aliphatic carbocycles. The quantitative estimate of drug-likeness (QED) is 0.741. The van der Waals surface area contributed by atoms with E-state index in [1.165, 1.54) is 0 Å². The molecule has 0 fully saturated rings. The third kappa shape index (κ3) is 5.53. The minimum atomic E-state index is -0.745. The fourth-order valence-corrected chi connectivity index (χ4v) is 0.514. The summed E-state index contributed by atoms with van der Waals surface area (Å²) in [4.78, 5) is 9.37. The van der Waals surface area contributed by atoms with E-state index >= 15 is 0 Å². The maximum atomic E-state index is 9.37. The number of aliphatic carboxylic acids is 1. The Hall–Kier alpha value is -1.25. The molecule has 0 saturated heterocycles. The topological polar surface area (TPSA) is 50.4 Å². The molecule has 1 aromatic rings. The summed E-state index contributed by atoms with van der Waals surface area (Å²) >= 11 is 0. The number of furan rings is 1. The summed E-state index contributed by atoms with van der Waals surface area (Å²) in [7, 11) is 0. The fourth-order valence-electron chi connectivity index (χ4n) is 0.514. The van der Waals surface area contributed by atoms with Crippen molar-refractivity contribution in [2.24, 2.45) is 0 Å². The van der Waals surface area contributed by atoms with Crippen LogP contribution in [-0.4, -0.2) is 11.1 Å². The highest BCUT2D eigenvalue weighted by molar-refractivity contribution is 5.66. The van der Waals surface area contributed by atoms with Crippen LogP contribution in [0, 0.1) is 0 Å². The lowest BCUT2D eigenvalue weighted by Gasteiger charge is -1.79. The largest absolute Gasteiger partial charge is 0.481 e. The van der Waals surface area contributed by atoms with Crippen LogP contribution in [0.5, 0.6) is 0 Å². The summed E-state index contributed by atoms with van der Waals surface area (Å²) in [5, 5.41) is 7.72. The summed E-state index contributed by atoms with van der Waals surface area (Å²) in [6, 6.07) is 3.87. The highest BCUT2D eigenvalue weighted by Crippen LogP contribution is 1.98. The van der Waals surface area contributed by atoms with Gasteiger partial charge in [-0.25, -0.2) is 0 Å². The van der Waals surface area contributed by atoms with Gasteiger partial charge in [-0.15, -0.1) is 0 Å². The molecule has 1 heterocycles. The molecular formula is C9H14O3. The van der Waals surface area contributed by atoms with E-state index in [1.807, 2.05) is 12.1 Å². The van der Waals surface area contributed by atoms with Gasteiger partial charge < -0.3 is 9.52 Å². The van der Waals surface area contributed by atoms with Crippen LogP contribution in [0.4, 0.5) is 0 Å². The van der Waals surface area contributed by atoms with Crippen molar-refractivity contribution in [1.29, 1.82) is 0 Å². The summed E-state index contributed by atoms with van der Waals surface area (Å²) in [5.41, 5.74) is 0. The van der Waals surface area contributed by atoms with Gasteiger partial charge in [-0.05, 0) is 12.1 Å². The van der Waals surface area contributed by atoms with Gasteiger partial charge in [-0.3, -0.25) is 4.79 Å². The molecule has 1 N–H and O–H groups in total. The van der Waals surface area contributed by atoms with E-state index in [4.69, 9.17) is 9.52 Å². The summed E-state index contributed by atoms with van der Waals surface area (Å²) in [6.07, 6.45) is 2.91. The smallest absolute Gasteiger partial charge is 0.303 e. The zero-order valence-electron chi connectivity index (χ0n) is 7.41. The van der Waals surface area contributed by atoms with Crippen molar-refractivity contribution in [3.05, 3.63) is 24.2 Å². The summed E-state index contributed by atoms with van der Waals surface area (Å²) in [6.45, 7) is 3.67. The Balaban J connectivity index is 0.000000217. The number of hydrogen-bond donors (Lipinski definition) is 1. The first-order chi connectivity index (χ1) is 5.70. The van der Waals surface area contributed by atoms with E-state index in [2.05, 4.69) is 6.92 Å². The number of rotatable bonds is 2. The fraction of sp³-hybridized carbons (Fsp3) is 0.444. The molecule has 68 valence electrons. The monoisotopic (exact) mass is 170 g/mol. The molecule has 0 atom stereocenters. The van der Waals surface area contributed by atoms with E-state index in [0.29, 0.717) is 0 Å². The van der Waals surface area contributed by atoms with E-state index < -0.39 is 5.97 Å². The molecule has 0 unspecified atom stereocenters. The molecule has 0 aliphatic rings. The van der Waals surface area contributed by atoms with E-state index in [1.54, 1.807) is 13.2 Å². The number of hydrogen-bond acceptors (Lipinski definition) is 2. The number of aryl methyl sites for hydroxylation is 1. The molecule has 3 heteroatoms. The molecule has 0 bridgehead atoms. The molecule has 0 saturated carbocycles. The normalized spacial score (nSPS) is 8.50. The van der Waals surface area contributed by atoms with Gasteiger partial charge in [-0.2, -0.15) is 0 Å². The summed E-state index contributed by atoms with van der Waals surface area (Å²) in [5.74, 6) is 0.310. The Morgan fingerprint density at radius 3 is 2.33 bits per heavy atom. The summed E-state index contributed by atoms with van der Waals surface area (Å²) < 4.78 is 4.98. The first kappa shape index (κ1) is 10.8. The second kappa shape index (κ2) is 6.46. The third-order valence-electron chi connectivity index (χ3n) is 1.23. The molecule has 12 heavy (non-hydrogen) atoms. The van der Waals surface area contributed by atoms with E-state index in [-0.39, 0.29) is 6.42 Å². The van der Waals surface area contributed by atoms with Crippen molar-refractivity contribution >= 4 is 5.97 Å². The van der Waals surface area contributed by atoms with Crippen LogP contribution in [0.25, 0.3) is 0 Å². The van der Waals surface area contributed by atoms with Gasteiger partial charge in [0.1, 0.15) is 5.76 Å². The van der Waals surface area contributed by atoms with Gasteiger partial charge in [0.15, 0.2) is 0 Å². The lowest BCUT2D eigenvalue weighted by atomic mass is 10.4. The first-order valence-electron chi connectivity index (χ1n) is 3.94. The maximum absolute atomic E-state index is 9.37. The Morgan fingerprint density at radius 1 is 1.58 bits per heavy atom. The second-order valence-corrected chi connectivity index (χ2v) is 2.18. The zero-order chi connectivity index (χ0) is 9.40. The van der Waals surface area contributed by atoms with Crippen molar-refractivity contribution in [3.63, 3.8) is 0 Å². The van der Waals surface area contributed by atoms with Crippen molar-refractivity contribution < 1.29 is 14.3 Å². The minimum absolute atomic E-state index is 0.222. The van der Waals surface area contributed by atoms with Gasteiger partial charge in [0, 0.05) is 12.8 Å². The Bertz CT molecular complexity index is 202. The second-order valence-electron chi connectivity index (χ2n) is 2.18. The number of carbonyl (C=O) groups is 1. The van der Waals surface area contributed by atoms with E-state index in [9.17, 15) is 4.79 Å². The van der Waals surface area contributed by atoms with Crippen molar-refractivity contribution in [1.82, 2.24) is 0 Å².